The van der Waals surface area contributed by atoms with Crippen LogP contribution >= 0.6 is 0 Å². The van der Waals surface area contributed by atoms with Crippen LogP contribution in [0.5, 0.6) is 5.75 Å². The lowest BCUT2D eigenvalue weighted by Gasteiger charge is -2.20. The first-order chi connectivity index (χ1) is 12.0. The van der Waals surface area contributed by atoms with Crippen LogP contribution in [0.15, 0.2) is 24.3 Å². The van der Waals surface area contributed by atoms with Crippen molar-refractivity contribution in [2.75, 3.05) is 0 Å². The number of rotatable bonds is 5. The summed E-state index contributed by atoms with van der Waals surface area (Å²) < 4.78 is 10.7. The molecule has 0 spiro atoms. The number of benzene rings is 1. The third-order valence-electron chi connectivity index (χ3n) is 4.91. The van der Waals surface area contributed by atoms with Crippen molar-refractivity contribution in [3.05, 3.63) is 39.9 Å². The largest absolute Gasteiger partial charge is 0.458 e. The molecule has 3 rings (SSSR count). The van der Waals surface area contributed by atoms with E-state index < -0.39 is 23.1 Å². The molecule has 0 N–H and O–H groups in total. The fourth-order valence-electron chi connectivity index (χ4n) is 3.96. The highest BCUT2D eigenvalue weighted by Gasteiger charge is 2.48. The molecule has 1 aromatic rings. The smallest absolute Gasteiger partial charge is 0.342 e. The Morgan fingerprint density at radius 1 is 1.08 bits per heavy atom. The second kappa shape index (κ2) is 7.08. The van der Waals surface area contributed by atoms with E-state index in [0.717, 1.165) is 12.8 Å². The molecule has 25 heavy (non-hydrogen) atoms. The molecule has 2 saturated carbocycles. The zero-order valence-electron chi connectivity index (χ0n) is 13.8. The summed E-state index contributed by atoms with van der Waals surface area (Å²) in [5.41, 5.74) is 0.192. The predicted octanol–water partition coefficient (Wildman–Crippen LogP) is 2.53. The Hall–Kier alpha value is -2.64. The molecule has 8 nitrogen and oxygen atoms in total. The van der Waals surface area contributed by atoms with Crippen LogP contribution in [0.4, 0.5) is 0 Å². The van der Waals surface area contributed by atoms with Crippen molar-refractivity contribution in [2.24, 2.45) is 11.8 Å². The number of carbonyl (C=O) groups is 2. The Bertz CT molecular complexity index is 689. The number of fused-ring (bicyclic) bond motifs is 1. The van der Waals surface area contributed by atoms with Crippen LogP contribution in [0.25, 0.3) is 0 Å². The highest BCUT2D eigenvalue weighted by Crippen LogP contribution is 2.47. The van der Waals surface area contributed by atoms with Gasteiger partial charge in [-0.15, -0.1) is 10.1 Å². The van der Waals surface area contributed by atoms with Crippen molar-refractivity contribution in [1.29, 1.82) is 0 Å². The van der Waals surface area contributed by atoms with Gasteiger partial charge in [-0.05, 0) is 43.7 Å². The summed E-state index contributed by atoms with van der Waals surface area (Å²) in [6.07, 6.45) is 1.97. The molecule has 2 aliphatic rings. The van der Waals surface area contributed by atoms with Crippen LogP contribution < -0.4 is 4.74 Å². The van der Waals surface area contributed by atoms with Crippen molar-refractivity contribution in [2.45, 2.75) is 44.8 Å². The minimum atomic E-state index is -0.748. The van der Waals surface area contributed by atoms with Crippen molar-refractivity contribution in [3.8, 4) is 5.75 Å². The summed E-state index contributed by atoms with van der Waals surface area (Å²) in [6.45, 7) is 1.26. The van der Waals surface area contributed by atoms with Crippen LogP contribution in [-0.2, 0) is 14.4 Å². The van der Waals surface area contributed by atoms with Gasteiger partial charge >= 0.3 is 11.9 Å². The van der Waals surface area contributed by atoms with E-state index in [1.54, 1.807) is 18.2 Å². The number of esters is 2. The van der Waals surface area contributed by atoms with Gasteiger partial charge in [-0.25, -0.2) is 4.79 Å². The lowest BCUT2D eigenvalue weighted by Crippen LogP contribution is -2.26. The van der Waals surface area contributed by atoms with Gasteiger partial charge in [0.05, 0.1) is 0 Å². The molecular formula is C17H19NO7. The van der Waals surface area contributed by atoms with Crippen LogP contribution in [0.3, 0.4) is 0 Å². The summed E-state index contributed by atoms with van der Waals surface area (Å²) in [5.74, 6) is -0.810. The number of hydrogen-bond acceptors (Lipinski definition) is 7. The fourth-order valence-corrected chi connectivity index (χ4v) is 3.96. The molecule has 4 atom stereocenters. The molecule has 1 unspecified atom stereocenters. The zero-order chi connectivity index (χ0) is 18.0. The first kappa shape index (κ1) is 17.2. The second-order valence-corrected chi connectivity index (χ2v) is 6.38. The Morgan fingerprint density at radius 2 is 1.72 bits per heavy atom. The maximum absolute atomic E-state index is 12.5. The summed E-state index contributed by atoms with van der Waals surface area (Å²) in [5, 5.41) is 9.82. The Morgan fingerprint density at radius 3 is 2.40 bits per heavy atom. The van der Waals surface area contributed by atoms with Gasteiger partial charge in [0.25, 0.3) is 5.09 Å². The molecule has 0 heterocycles. The third kappa shape index (κ3) is 3.72. The van der Waals surface area contributed by atoms with Gasteiger partial charge in [0.2, 0.25) is 0 Å². The molecule has 0 aliphatic heterocycles. The molecule has 2 aliphatic carbocycles. The van der Waals surface area contributed by atoms with Crippen molar-refractivity contribution in [1.82, 2.24) is 0 Å². The van der Waals surface area contributed by atoms with E-state index in [9.17, 15) is 19.7 Å². The monoisotopic (exact) mass is 349 g/mol. The molecule has 1 aromatic carbocycles. The van der Waals surface area contributed by atoms with Crippen LogP contribution in [0.2, 0.25) is 0 Å². The maximum Gasteiger partial charge on any atom is 0.342 e. The van der Waals surface area contributed by atoms with Gasteiger partial charge in [-0.1, -0.05) is 12.1 Å². The lowest BCUT2D eigenvalue weighted by atomic mass is 9.98. The van der Waals surface area contributed by atoms with Crippen LogP contribution in [0, 0.1) is 22.0 Å². The maximum atomic E-state index is 12.5. The van der Waals surface area contributed by atoms with E-state index >= 15 is 0 Å². The lowest BCUT2D eigenvalue weighted by molar-refractivity contribution is -0.770. The van der Waals surface area contributed by atoms with Gasteiger partial charge in [0.1, 0.15) is 23.5 Å². The fraction of sp³-hybridized carbons (Fsp3) is 0.529. The summed E-state index contributed by atoms with van der Waals surface area (Å²) >= 11 is 0. The topological polar surface area (TPSA) is 105 Å². The van der Waals surface area contributed by atoms with Gasteiger partial charge in [-0.3, -0.25) is 4.79 Å². The molecule has 0 radical (unpaired) electrons. The Labute approximate surface area is 144 Å². The SMILES string of the molecule is CC(=O)Oc1ccccc1C(=O)OC1CC[C@H]2[C@@H](O[N+](=O)[O-])CC[C@@H]12. The number of para-hydroxylation sites is 1. The minimum absolute atomic E-state index is 0.0342. The van der Waals surface area contributed by atoms with E-state index in [1.807, 2.05) is 0 Å². The van der Waals surface area contributed by atoms with Gasteiger partial charge < -0.3 is 14.3 Å². The molecular weight excluding hydrogens is 330 g/mol. The van der Waals surface area contributed by atoms with Crippen molar-refractivity contribution < 1.29 is 29.0 Å². The zero-order valence-corrected chi connectivity index (χ0v) is 13.8. The number of nitrogens with zero attached hydrogens (tertiary/aromatic N) is 1. The number of hydrogen-bond donors (Lipinski definition) is 0. The van der Waals surface area contributed by atoms with Crippen LogP contribution in [0.1, 0.15) is 43.0 Å². The highest BCUT2D eigenvalue weighted by atomic mass is 17.0. The van der Waals surface area contributed by atoms with Gasteiger partial charge in [0, 0.05) is 12.8 Å². The van der Waals surface area contributed by atoms with E-state index in [-0.39, 0.29) is 29.3 Å². The Balaban J connectivity index is 1.67. The van der Waals surface area contributed by atoms with E-state index in [0.29, 0.717) is 12.8 Å². The quantitative estimate of drug-likeness (QED) is 0.348. The molecule has 0 aromatic heterocycles. The van der Waals surface area contributed by atoms with E-state index in [4.69, 9.17) is 14.3 Å². The molecule has 0 bridgehead atoms. The van der Waals surface area contributed by atoms with Crippen molar-refractivity contribution in [3.63, 3.8) is 0 Å². The standard InChI is InChI=1S/C17H19NO7/c1-10(19)23-14-5-3-2-4-13(14)17(20)24-15-8-6-12-11(15)7-9-16(12)25-18(21)22/h2-5,11-12,15-16H,6-9H2,1H3/t11-,12-,15?,16+/m1/s1. The van der Waals surface area contributed by atoms with E-state index in [2.05, 4.69) is 0 Å². The first-order valence-electron chi connectivity index (χ1n) is 8.25. The van der Waals surface area contributed by atoms with E-state index in [1.165, 1.54) is 13.0 Å². The molecule has 134 valence electrons. The Kier molecular flexibility index (Phi) is 4.87. The molecule has 2 fully saturated rings. The third-order valence-corrected chi connectivity index (χ3v) is 4.91. The molecule has 0 amide bonds. The number of ether oxygens (including phenoxy) is 2. The second-order valence-electron chi connectivity index (χ2n) is 6.38. The van der Waals surface area contributed by atoms with Crippen molar-refractivity contribution >= 4 is 11.9 Å². The first-order valence-corrected chi connectivity index (χ1v) is 8.25. The van der Waals surface area contributed by atoms with Gasteiger partial charge in [-0.2, -0.15) is 0 Å². The summed E-state index contributed by atoms with van der Waals surface area (Å²) in [6, 6.07) is 6.40. The molecule has 0 saturated heterocycles. The predicted molar refractivity (Wildman–Crippen MR) is 84.3 cm³/mol. The average Bonchev–Trinajstić information content (AvgIpc) is 3.11. The normalized spacial score (nSPS) is 27.4. The average molecular weight is 349 g/mol. The number of carbonyl (C=O) groups excluding carboxylic acids is 2. The minimum Gasteiger partial charge on any atom is -0.458 e. The molecule has 8 heteroatoms. The highest BCUT2D eigenvalue weighted by molar-refractivity contribution is 5.93. The van der Waals surface area contributed by atoms with Crippen LogP contribution in [-0.4, -0.2) is 29.2 Å². The summed E-state index contributed by atoms with van der Waals surface area (Å²) in [7, 11) is 0. The summed E-state index contributed by atoms with van der Waals surface area (Å²) in [4.78, 5) is 39.0. The van der Waals surface area contributed by atoms with Gasteiger partial charge in [0.15, 0.2) is 0 Å².